The number of anilines is 1. The van der Waals surface area contributed by atoms with Crippen LogP contribution in [0.15, 0.2) is 24.3 Å². The third-order valence-corrected chi connectivity index (χ3v) is 3.11. The van der Waals surface area contributed by atoms with Crippen LogP contribution in [0.2, 0.25) is 0 Å². The summed E-state index contributed by atoms with van der Waals surface area (Å²) in [6.07, 6.45) is 0.343. The number of carbonyl (C=O) groups excluding carboxylic acids is 2. The van der Waals surface area contributed by atoms with Gasteiger partial charge in [0.25, 0.3) is 5.91 Å². The molecule has 1 aromatic carbocycles. The molecule has 7 nitrogen and oxygen atoms in total. The van der Waals surface area contributed by atoms with Crippen LogP contribution in [-0.4, -0.2) is 35.1 Å². The third kappa shape index (κ3) is 6.68. The Labute approximate surface area is 141 Å². The molecule has 4 N–H and O–H groups in total. The number of aliphatic carboxylic acids is 1. The Morgan fingerprint density at radius 3 is 2.29 bits per heavy atom. The first kappa shape index (κ1) is 19.5. The molecule has 1 atom stereocenters. The second-order valence-electron chi connectivity index (χ2n) is 6.33. The largest absolute Gasteiger partial charge is 0.480 e. The molecule has 0 bridgehead atoms. The van der Waals surface area contributed by atoms with E-state index in [0.717, 1.165) is 0 Å². The van der Waals surface area contributed by atoms with E-state index in [4.69, 9.17) is 0 Å². The number of carbonyl (C=O) groups is 3. The van der Waals surface area contributed by atoms with Gasteiger partial charge in [-0.15, -0.1) is 0 Å². The summed E-state index contributed by atoms with van der Waals surface area (Å²) in [6.45, 7) is 7.45. The molecule has 0 aliphatic heterocycles. The normalized spacial score (nSPS) is 11.9. The SMILES string of the molecule is CC(C)C[C@H](NC(=O)c1cccc(NC(=O)NC(C)C)c1)C(=O)O. The predicted molar refractivity (Wildman–Crippen MR) is 92.1 cm³/mol. The maximum absolute atomic E-state index is 12.3. The van der Waals surface area contributed by atoms with Crippen molar-refractivity contribution in [2.45, 2.75) is 46.2 Å². The van der Waals surface area contributed by atoms with Crippen molar-refractivity contribution >= 4 is 23.6 Å². The maximum atomic E-state index is 12.3. The van der Waals surface area contributed by atoms with Crippen molar-refractivity contribution in [2.24, 2.45) is 5.92 Å². The van der Waals surface area contributed by atoms with Crippen LogP contribution in [0.25, 0.3) is 0 Å². The van der Waals surface area contributed by atoms with Crippen molar-refractivity contribution in [1.82, 2.24) is 10.6 Å². The molecule has 0 saturated heterocycles. The number of urea groups is 1. The van der Waals surface area contributed by atoms with Gasteiger partial charge in [-0.25, -0.2) is 9.59 Å². The van der Waals surface area contributed by atoms with E-state index >= 15 is 0 Å². The average molecular weight is 335 g/mol. The van der Waals surface area contributed by atoms with Gasteiger partial charge in [-0.1, -0.05) is 19.9 Å². The van der Waals surface area contributed by atoms with Gasteiger partial charge in [-0.3, -0.25) is 4.79 Å². The van der Waals surface area contributed by atoms with E-state index < -0.39 is 17.9 Å². The van der Waals surface area contributed by atoms with Crippen molar-refractivity contribution in [3.05, 3.63) is 29.8 Å². The van der Waals surface area contributed by atoms with Gasteiger partial charge in [0.1, 0.15) is 6.04 Å². The molecule has 0 spiro atoms. The second-order valence-corrected chi connectivity index (χ2v) is 6.33. The fraction of sp³-hybridized carbons (Fsp3) is 0.471. The molecule has 0 aliphatic rings. The Hall–Kier alpha value is -2.57. The lowest BCUT2D eigenvalue weighted by molar-refractivity contribution is -0.139. The minimum absolute atomic E-state index is 0.0103. The van der Waals surface area contributed by atoms with E-state index in [1.54, 1.807) is 18.2 Å². The number of rotatable bonds is 7. The van der Waals surface area contributed by atoms with E-state index in [1.165, 1.54) is 6.07 Å². The molecule has 0 saturated carbocycles. The van der Waals surface area contributed by atoms with Gasteiger partial charge in [0.15, 0.2) is 0 Å². The van der Waals surface area contributed by atoms with E-state index in [2.05, 4.69) is 16.0 Å². The lowest BCUT2D eigenvalue weighted by Gasteiger charge is -2.17. The van der Waals surface area contributed by atoms with Crippen LogP contribution in [0.1, 0.15) is 44.5 Å². The number of hydrogen-bond acceptors (Lipinski definition) is 3. The Morgan fingerprint density at radius 1 is 1.08 bits per heavy atom. The highest BCUT2D eigenvalue weighted by Gasteiger charge is 2.21. The summed E-state index contributed by atoms with van der Waals surface area (Å²) in [5, 5.41) is 17.0. The number of amides is 3. The van der Waals surface area contributed by atoms with Crippen molar-refractivity contribution in [3.63, 3.8) is 0 Å². The Kier molecular flexibility index (Phi) is 7.23. The van der Waals surface area contributed by atoms with Gasteiger partial charge in [0.2, 0.25) is 0 Å². The number of hydrogen-bond donors (Lipinski definition) is 4. The quantitative estimate of drug-likeness (QED) is 0.614. The fourth-order valence-corrected chi connectivity index (χ4v) is 2.10. The van der Waals surface area contributed by atoms with E-state index in [-0.39, 0.29) is 23.6 Å². The first-order valence-electron chi connectivity index (χ1n) is 7.90. The van der Waals surface area contributed by atoms with E-state index in [9.17, 15) is 19.5 Å². The first-order valence-corrected chi connectivity index (χ1v) is 7.90. The standard InChI is InChI=1S/C17H25N3O4/c1-10(2)8-14(16(22)23)20-15(21)12-6-5-7-13(9-12)19-17(24)18-11(3)4/h5-7,9-11,14H,8H2,1-4H3,(H,20,21)(H,22,23)(H2,18,19,24)/t14-/m0/s1. The summed E-state index contributed by atoms with van der Waals surface area (Å²) < 4.78 is 0. The van der Waals surface area contributed by atoms with Crippen LogP contribution in [-0.2, 0) is 4.79 Å². The van der Waals surface area contributed by atoms with Crippen molar-refractivity contribution < 1.29 is 19.5 Å². The Morgan fingerprint density at radius 2 is 1.75 bits per heavy atom. The van der Waals surface area contributed by atoms with Crippen LogP contribution in [0, 0.1) is 5.92 Å². The van der Waals surface area contributed by atoms with Crippen molar-refractivity contribution in [1.29, 1.82) is 0 Å². The highest BCUT2D eigenvalue weighted by Crippen LogP contribution is 2.12. The number of benzene rings is 1. The first-order chi connectivity index (χ1) is 11.2. The van der Waals surface area contributed by atoms with E-state index in [0.29, 0.717) is 12.1 Å². The molecule has 132 valence electrons. The zero-order valence-corrected chi connectivity index (χ0v) is 14.4. The van der Waals surface area contributed by atoms with Gasteiger partial charge in [-0.05, 0) is 44.4 Å². The van der Waals surface area contributed by atoms with Gasteiger partial charge in [-0.2, -0.15) is 0 Å². The monoisotopic (exact) mass is 335 g/mol. The summed E-state index contributed by atoms with van der Waals surface area (Å²) in [5.41, 5.74) is 0.740. The number of nitrogens with one attached hydrogen (secondary N) is 3. The van der Waals surface area contributed by atoms with Gasteiger partial charge >= 0.3 is 12.0 Å². The van der Waals surface area contributed by atoms with Crippen LogP contribution < -0.4 is 16.0 Å². The van der Waals surface area contributed by atoms with Crippen LogP contribution in [0.4, 0.5) is 10.5 Å². The molecule has 0 unspecified atom stereocenters. The molecule has 0 aromatic heterocycles. The molecule has 0 radical (unpaired) electrons. The van der Waals surface area contributed by atoms with Gasteiger partial charge in [0, 0.05) is 17.3 Å². The van der Waals surface area contributed by atoms with Crippen molar-refractivity contribution in [2.75, 3.05) is 5.32 Å². The number of carboxylic acid groups (broad SMARTS) is 1. The molecule has 3 amide bonds. The molecular formula is C17H25N3O4. The predicted octanol–water partition coefficient (Wildman–Crippen LogP) is 2.45. The third-order valence-electron chi connectivity index (χ3n) is 3.11. The molecule has 7 heteroatoms. The number of carboxylic acids is 1. The summed E-state index contributed by atoms with van der Waals surface area (Å²) >= 11 is 0. The van der Waals surface area contributed by atoms with Crippen LogP contribution >= 0.6 is 0 Å². The molecule has 1 rings (SSSR count). The molecule has 24 heavy (non-hydrogen) atoms. The van der Waals surface area contributed by atoms with Gasteiger partial charge in [0.05, 0.1) is 0 Å². The topological polar surface area (TPSA) is 108 Å². The van der Waals surface area contributed by atoms with E-state index in [1.807, 2.05) is 27.7 Å². The molecule has 0 fully saturated rings. The Bertz CT molecular complexity index is 599. The zero-order valence-electron chi connectivity index (χ0n) is 14.4. The zero-order chi connectivity index (χ0) is 18.3. The Balaban J connectivity index is 2.79. The highest BCUT2D eigenvalue weighted by atomic mass is 16.4. The van der Waals surface area contributed by atoms with Crippen molar-refractivity contribution in [3.8, 4) is 0 Å². The summed E-state index contributed by atoms with van der Waals surface area (Å²) in [6, 6.07) is 5.02. The maximum Gasteiger partial charge on any atom is 0.326 e. The van der Waals surface area contributed by atoms with Crippen LogP contribution in [0.3, 0.4) is 0 Å². The smallest absolute Gasteiger partial charge is 0.326 e. The summed E-state index contributed by atoms with van der Waals surface area (Å²) in [5.74, 6) is -1.42. The summed E-state index contributed by atoms with van der Waals surface area (Å²) in [4.78, 5) is 35.2. The minimum atomic E-state index is -1.07. The molecular weight excluding hydrogens is 310 g/mol. The fourth-order valence-electron chi connectivity index (χ4n) is 2.10. The average Bonchev–Trinajstić information content (AvgIpc) is 2.45. The minimum Gasteiger partial charge on any atom is -0.480 e. The molecule has 1 aromatic rings. The summed E-state index contributed by atoms with van der Waals surface area (Å²) in [7, 11) is 0. The highest BCUT2D eigenvalue weighted by molar-refractivity contribution is 5.98. The lowest BCUT2D eigenvalue weighted by atomic mass is 10.0. The van der Waals surface area contributed by atoms with Gasteiger partial charge < -0.3 is 21.1 Å². The lowest BCUT2D eigenvalue weighted by Crippen LogP contribution is -2.41. The van der Waals surface area contributed by atoms with Crippen LogP contribution in [0.5, 0.6) is 0 Å². The molecule has 0 heterocycles. The second kappa shape index (κ2) is 8.90. The molecule has 0 aliphatic carbocycles.